The van der Waals surface area contributed by atoms with Gasteiger partial charge in [-0.3, -0.25) is 9.69 Å². The van der Waals surface area contributed by atoms with Gasteiger partial charge in [0.25, 0.3) is 5.56 Å². The number of rotatable bonds is 5. The average Bonchev–Trinajstić information content (AvgIpc) is 3.10. The topological polar surface area (TPSA) is 67.5 Å². The zero-order chi connectivity index (χ0) is 22.2. The highest BCUT2D eigenvalue weighted by Gasteiger charge is 2.18. The lowest BCUT2D eigenvalue weighted by molar-refractivity contribution is 0.171. The number of hydrogen-bond acceptors (Lipinski definition) is 6. The molecule has 0 spiro atoms. The minimum absolute atomic E-state index is 0.0855. The van der Waals surface area contributed by atoms with Crippen LogP contribution in [0.1, 0.15) is 21.8 Å². The monoisotopic (exact) mass is 447 g/mol. The first-order valence-corrected chi connectivity index (χ1v) is 11.5. The van der Waals surface area contributed by atoms with Crippen molar-refractivity contribution in [1.29, 1.82) is 0 Å². The molecular formula is C25H25N3O3S. The molecule has 164 valence electrons. The third-order valence-corrected chi connectivity index (χ3v) is 6.61. The van der Waals surface area contributed by atoms with E-state index < -0.39 is 0 Å². The first-order chi connectivity index (χ1) is 15.5. The van der Waals surface area contributed by atoms with Crippen molar-refractivity contribution in [2.45, 2.75) is 26.9 Å². The van der Waals surface area contributed by atoms with Crippen molar-refractivity contribution in [2.24, 2.45) is 0 Å². The minimum Gasteiger partial charge on any atom is -0.486 e. The van der Waals surface area contributed by atoms with Gasteiger partial charge >= 0.3 is 0 Å². The van der Waals surface area contributed by atoms with E-state index >= 15 is 0 Å². The third kappa shape index (κ3) is 4.01. The largest absolute Gasteiger partial charge is 0.486 e. The normalized spacial score (nSPS) is 13.1. The number of ether oxygens (including phenoxy) is 2. The molecule has 0 unspecified atom stereocenters. The van der Waals surface area contributed by atoms with Gasteiger partial charge in [-0.25, -0.2) is 4.98 Å². The van der Waals surface area contributed by atoms with Gasteiger partial charge in [0.1, 0.15) is 23.9 Å². The van der Waals surface area contributed by atoms with Crippen LogP contribution in [0.5, 0.6) is 11.5 Å². The van der Waals surface area contributed by atoms with Gasteiger partial charge in [0.2, 0.25) is 0 Å². The van der Waals surface area contributed by atoms with Crippen LogP contribution in [0.25, 0.3) is 21.3 Å². The number of nitrogens with one attached hydrogen (secondary N) is 1. The Bertz CT molecular complexity index is 1340. The fraction of sp³-hybridized carbons (Fsp3) is 0.280. The number of nitrogens with zero attached hydrogens (tertiary/aromatic N) is 2. The van der Waals surface area contributed by atoms with Gasteiger partial charge in [-0.15, -0.1) is 11.3 Å². The summed E-state index contributed by atoms with van der Waals surface area (Å²) in [7, 11) is 2.01. The SMILES string of the molecule is Cc1ccc(-c2c(C)sc3nc(CN(C)Cc4ccc5c(c4)OCCO5)[nH]c(=O)c23)cc1. The third-order valence-electron chi connectivity index (χ3n) is 5.61. The first-order valence-electron chi connectivity index (χ1n) is 10.6. The van der Waals surface area contributed by atoms with Crippen LogP contribution in [-0.2, 0) is 13.1 Å². The molecule has 0 fully saturated rings. The van der Waals surface area contributed by atoms with Crippen molar-refractivity contribution in [3.63, 3.8) is 0 Å². The maximum atomic E-state index is 13.0. The van der Waals surface area contributed by atoms with E-state index in [1.807, 2.05) is 25.2 Å². The molecule has 0 bridgehead atoms. The molecule has 4 aromatic rings. The van der Waals surface area contributed by atoms with Gasteiger partial charge in [0.15, 0.2) is 11.5 Å². The molecule has 0 amide bonds. The van der Waals surface area contributed by atoms with Crippen molar-refractivity contribution < 1.29 is 9.47 Å². The Balaban J connectivity index is 1.39. The predicted molar refractivity (Wildman–Crippen MR) is 128 cm³/mol. The molecule has 32 heavy (non-hydrogen) atoms. The fourth-order valence-electron chi connectivity index (χ4n) is 4.12. The van der Waals surface area contributed by atoms with Crippen LogP contribution in [0.2, 0.25) is 0 Å². The van der Waals surface area contributed by atoms with Gasteiger partial charge in [-0.2, -0.15) is 0 Å². The quantitative estimate of drug-likeness (QED) is 0.482. The van der Waals surface area contributed by atoms with E-state index in [0.717, 1.165) is 37.9 Å². The number of benzene rings is 2. The summed E-state index contributed by atoms with van der Waals surface area (Å²) < 4.78 is 11.3. The molecule has 2 aromatic carbocycles. The van der Waals surface area contributed by atoms with Crippen LogP contribution >= 0.6 is 11.3 Å². The maximum absolute atomic E-state index is 13.0. The predicted octanol–water partition coefficient (Wildman–Crippen LogP) is 4.67. The molecule has 1 N–H and O–H groups in total. The van der Waals surface area contributed by atoms with E-state index in [4.69, 9.17) is 14.5 Å². The van der Waals surface area contributed by atoms with Crippen LogP contribution < -0.4 is 15.0 Å². The lowest BCUT2D eigenvalue weighted by Gasteiger charge is -2.21. The molecule has 5 rings (SSSR count). The number of thiophene rings is 1. The second-order valence-corrected chi connectivity index (χ2v) is 9.45. The smallest absolute Gasteiger partial charge is 0.260 e. The van der Waals surface area contributed by atoms with Crippen LogP contribution in [0.15, 0.2) is 47.3 Å². The Hall–Kier alpha value is -3.16. The van der Waals surface area contributed by atoms with E-state index in [9.17, 15) is 4.79 Å². The molecule has 7 heteroatoms. The Morgan fingerprint density at radius 2 is 1.78 bits per heavy atom. The molecule has 0 aliphatic carbocycles. The summed E-state index contributed by atoms with van der Waals surface area (Å²) in [6, 6.07) is 14.3. The highest BCUT2D eigenvalue weighted by Crippen LogP contribution is 2.35. The maximum Gasteiger partial charge on any atom is 0.260 e. The highest BCUT2D eigenvalue weighted by molar-refractivity contribution is 7.19. The second-order valence-electron chi connectivity index (χ2n) is 8.24. The van der Waals surface area contributed by atoms with Crippen molar-refractivity contribution in [3.8, 4) is 22.6 Å². The molecule has 0 saturated carbocycles. The van der Waals surface area contributed by atoms with Crippen LogP contribution in [0.3, 0.4) is 0 Å². The van der Waals surface area contributed by atoms with Crippen LogP contribution in [0, 0.1) is 13.8 Å². The Kier molecular flexibility index (Phi) is 5.45. The summed E-state index contributed by atoms with van der Waals surface area (Å²) in [5, 5.41) is 0.676. The molecule has 0 saturated heterocycles. The molecular weight excluding hydrogens is 422 g/mol. The van der Waals surface area contributed by atoms with Crippen molar-refractivity contribution in [1.82, 2.24) is 14.9 Å². The molecule has 1 aliphatic heterocycles. The van der Waals surface area contributed by atoms with Crippen molar-refractivity contribution >= 4 is 21.6 Å². The van der Waals surface area contributed by atoms with Gasteiger partial charge in [-0.1, -0.05) is 35.9 Å². The molecule has 6 nitrogen and oxygen atoms in total. The number of fused-ring (bicyclic) bond motifs is 2. The lowest BCUT2D eigenvalue weighted by Crippen LogP contribution is -2.22. The number of hydrogen-bond donors (Lipinski definition) is 1. The summed E-state index contributed by atoms with van der Waals surface area (Å²) in [4.78, 5) is 24.8. The van der Waals surface area contributed by atoms with Gasteiger partial charge in [-0.05, 0) is 44.2 Å². The molecule has 0 radical (unpaired) electrons. The van der Waals surface area contributed by atoms with Gasteiger partial charge < -0.3 is 14.5 Å². The summed E-state index contributed by atoms with van der Waals surface area (Å²) in [5.41, 5.74) is 4.26. The minimum atomic E-state index is -0.0855. The zero-order valence-electron chi connectivity index (χ0n) is 18.4. The molecule has 3 heterocycles. The van der Waals surface area contributed by atoms with E-state index in [2.05, 4.69) is 48.0 Å². The number of aromatic nitrogens is 2. The summed E-state index contributed by atoms with van der Waals surface area (Å²) in [6.45, 7) is 6.51. The van der Waals surface area contributed by atoms with Crippen LogP contribution in [-0.4, -0.2) is 35.1 Å². The zero-order valence-corrected chi connectivity index (χ0v) is 19.2. The summed E-state index contributed by atoms with van der Waals surface area (Å²) >= 11 is 1.57. The van der Waals surface area contributed by atoms with E-state index in [-0.39, 0.29) is 5.56 Å². The Labute approximate surface area is 190 Å². The Morgan fingerprint density at radius 3 is 2.56 bits per heavy atom. The first kappa shape index (κ1) is 20.7. The van der Waals surface area contributed by atoms with Crippen LogP contribution in [0.4, 0.5) is 0 Å². The standard InChI is InChI=1S/C25H25N3O3S/c1-15-4-7-18(8-5-15)22-16(2)32-25-23(22)24(29)26-21(27-25)14-28(3)13-17-6-9-19-20(12-17)31-11-10-30-19/h4-9,12H,10-11,13-14H2,1-3H3,(H,26,27,29). The van der Waals surface area contributed by atoms with Crippen molar-refractivity contribution in [3.05, 3.63) is 74.6 Å². The lowest BCUT2D eigenvalue weighted by atomic mass is 10.0. The van der Waals surface area contributed by atoms with Gasteiger partial charge in [0, 0.05) is 17.0 Å². The van der Waals surface area contributed by atoms with Crippen molar-refractivity contribution in [2.75, 3.05) is 20.3 Å². The summed E-state index contributed by atoms with van der Waals surface area (Å²) in [6.07, 6.45) is 0. The second kappa shape index (κ2) is 8.41. The van der Waals surface area contributed by atoms with E-state index in [1.54, 1.807) is 11.3 Å². The Morgan fingerprint density at radius 1 is 1.03 bits per heavy atom. The number of aryl methyl sites for hydroxylation is 2. The van der Waals surface area contributed by atoms with E-state index in [0.29, 0.717) is 37.5 Å². The highest BCUT2D eigenvalue weighted by atomic mass is 32.1. The van der Waals surface area contributed by atoms with Gasteiger partial charge in [0.05, 0.1) is 11.9 Å². The molecule has 1 aliphatic rings. The number of H-pyrrole nitrogens is 1. The van der Waals surface area contributed by atoms with E-state index in [1.165, 1.54) is 5.56 Å². The average molecular weight is 448 g/mol. The molecule has 0 atom stereocenters. The number of aromatic amines is 1. The fourth-order valence-corrected chi connectivity index (χ4v) is 5.18. The summed E-state index contributed by atoms with van der Waals surface area (Å²) in [5.74, 6) is 2.24. The molecule has 2 aromatic heterocycles.